The van der Waals surface area contributed by atoms with E-state index in [-0.39, 0.29) is 11.1 Å². The summed E-state index contributed by atoms with van der Waals surface area (Å²) in [7, 11) is -0.323. The normalized spacial score (nSPS) is 17.7. The molecule has 2 unspecified atom stereocenters. The molecule has 0 bridgehead atoms. The van der Waals surface area contributed by atoms with Gasteiger partial charge >= 0.3 is 0 Å². The fraction of sp³-hybridized carbons (Fsp3) is 0.519. The van der Waals surface area contributed by atoms with Crippen molar-refractivity contribution in [2.45, 2.75) is 71.2 Å². The molecule has 1 amide bonds. The largest absolute Gasteiger partial charge is 0.494 e. The molecule has 1 fully saturated rings. The fourth-order valence-electron chi connectivity index (χ4n) is 4.42. The maximum Gasteiger partial charge on any atom is 0.295 e. The van der Waals surface area contributed by atoms with Crippen molar-refractivity contribution in [3.63, 3.8) is 0 Å². The smallest absolute Gasteiger partial charge is 0.295 e. The summed E-state index contributed by atoms with van der Waals surface area (Å²) in [5.74, 6) is 0.393. The molecule has 1 aliphatic carbocycles. The minimum absolute atomic E-state index is 0.161. The lowest BCUT2D eigenvalue weighted by Gasteiger charge is -2.39. The predicted molar refractivity (Wildman–Crippen MR) is 157 cm³/mol. The van der Waals surface area contributed by atoms with E-state index in [1.807, 2.05) is 6.92 Å². The highest BCUT2D eigenvalue weighted by Gasteiger charge is 2.42. The first-order valence-corrected chi connectivity index (χ1v) is 17.1. The molecule has 1 saturated carbocycles. The van der Waals surface area contributed by atoms with Crippen LogP contribution in [0.5, 0.6) is 10.9 Å². The molecule has 0 spiro atoms. The van der Waals surface area contributed by atoms with Crippen LogP contribution in [0.1, 0.15) is 56.1 Å². The molecule has 0 radical (unpaired) electrons. The van der Waals surface area contributed by atoms with Crippen molar-refractivity contribution >= 4 is 42.3 Å². The lowest BCUT2D eigenvalue weighted by molar-refractivity contribution is 0.102. The Balaban J connectivity index is 1.45. The van der Waals surface area contributed by atoms with Crippen molar-refractivity contribution in [3.8, 4) is 22.1 Å². The monoisotopic (exact) mass is 589 g/mol. The average molecular weight is 590 g/mol. The Bertz CT molecular complexity index is 1330. The average Bonchev–Trinajstić information content (AvgIpc) is 3.50. The minimum atomic E-state index is -1.86. The number of aryl methyl sites for hydroxylation is 1. The van der Waals surface area contributed by atoms with Gasteiger partial charge in [-0.05, 0) is 66.9 Å². The maximum absolute atomic E-state index is 13.3. The van der Waals surface area contributed by atoms with E-state index in [0.29, 0.717) is 56.1 Å². The number of carbonyl (C=O) groups excluding carboxylic acids is 1. The highest BCUT2D eigenvalue weighted by Crippen LogP contribution is 2.41. The molecule has 0 aliphatic heterocycles. The van der Waals surface area contributed by atoms with Crippen LogP contribution in [0, 0.1) is 12.8 Å². The van der Waals surface area contributed by atoms with Crippen LogP contribution in [0.2, 0.25) is 23.3 Å². The molecule has 12 heteroatoms. The van der Waals surface area contributed by atoms with Gasteiger partial charge < -0.3 is 13.9 Å². The van der Waals surface area contributed by atoms with Crippen LogP contribution < -0.4 is 14.8 Å². The van der Waals surface area contributed by atoms with Crippen molar-refractivity contribution in [2.75, 3.05) is 19.0 Å². The van der Waals surface area contributed by atoms with Crippen molar-refractivity contribution in [1.82, 2.24) is 20.2 Å². The molecule has 3 heterocycles. The van der Waals surface area contributed by atoms with E-state index in [1.165, 1.54) is 17.5 Å². The number of nitrogens with one attached hydrogen (secondary N) is 1. The number of carbonyl (C=O) groups is 1. The molecule has 9 nitrogen and oxygen atoms in total. The van der Waals surface area contributed by atoms with Gasteiger partial charge in [0.15, 0.2) is 8.32 Å². The van der Waals surface area contributed by atoms with Crippen LogP contribution in [0.15, 0.2) is 24.5 Å². The van der Waals surface area contributed by atoms with Gasteiger partial charge in [0.05, 0.1) is 31.1 Å². The van der Waals surface area contributed by atoms with E-state index in [0.717, 1.165) is 19.3 Å². The Hall–Kier alpha value is -2.60. The highest BCUT2D eigenvalue weighted by atomic mass is 35.5. The Morgan fingerprint density at radius 1 is 1.23 bits per heavy atom. The van der Waals surface area contributed by atoms with Gasteiger partial charge in [0.1, 0.15) is 10.9 Å². The van der Waals surface area contributed by atoms with Crippen LogP contribution >= 0.6 is 22.9 Å². The maximum atomic E-state index is 13.3. The van der Waals surface area contributed by atoms with Gasteiger partial charge in [-0.2, -0.15) is 0 Å². The van der Waals surface area contributed by atoms with E-state index in [1.54, 1.807) is 25.4 Å². The summed E-state index contributed by atoms with van der Waals surface area (Å²) in [6, 6.07) is 3.44. The number of aromatic nitrogens is 4. The number of anilines is 1. The van der Waals surface area contributed by atoms with Crippen molar-refractivity contribution in [3.05, 3.63) is 40.9 Å². The third-order valence-electron chi connectivity index (χ3n) is 7.57. The number of methoxy groups -OCH3 is 1. The quantitative estimate of drug-likeness (QED) is 0.215. The molecular weight excluding hydrogens is 554 g/mol. The first-order valence-electron chi connectivity index (χ1n) is 13.0. The van der Waals surface area contributed by atoms with Gasteiger partial charge in [-0.25, -0.2) is 4.98 Å². The minimum Gasteiger partial charge on any atom is -0.494 e. The summed E-state index contributed by atoms with van der Waals surface area (Å²) in [5, 5.41) is 12.3. The number of ether oxygens (including phenoxy) is 2. The summed E-state index contributed by atoms with van der Waals surface area (Å²) in [6.07, 6.45) is 6.53. The molecular formula is C27H36ClN5O4SSi. The van der Waals surface area contributed by atoms with Gasteiger partial charge in [-0.1, -0.05) is 43.9 Å². The Morgan fingerprint density at radius 3 is 2.69 bits per heavy atom. The van der Waals surface area contributed by atoms with E-state index in [4.69, 9.17) is 25.5 Å². The zero-order valence-electron chi connectivity index (χ0n) is 23.5. The van der Waals surface area contributed by atoms with Crippen LogP contribution in [0.25, 0.3) is 11.1 Å². The number of pyridine rings is 2. The first-order chi connectivity index (χ1) is 18.4. The van der Waals surface area contributed by atoms with Crippen LogP contribution in [-0.4, -0.2) is 54.2 Å². The second kappa shape index (κ2) is 11.9. The summed E-state index contributed by atoms with van der Waals surface area (Å²) < 4.78 is 18.3. The molecule has 3 aromatic rings. The Morgan fingerprint density at radius 2 is 2.00 bits per heavy atom. The van der Waals surface area contributed by atoms with E-state index in [9.17, 15) is 4.79 Å². The van der Waals surface area contributed by atoms with Crippen molar-refractivity contribution in [2.24, 2.45) is 5.92 Å². The van der Waals surface area contributed by atoms with Crippen LogP contribution in [-0.2, 0) is 4.43 Å². The van der Waals surface area contributed by atoms with Crippen LogP contribution in [0.4, 0.5) is 5.13 Å². The fourth-order valence-corrected chi connectivity index (χ4v) is 6.61. The number of halogens is 1. The van der Waals surface area contributed by atoms with Crippen molar-refractivity contribution in [1.29, 1.82) is 0 Å². The number of hydrogen-bond acceptors (Lipinski definition) is 9. The van der Waals surface area contributed by atoms with E-state index >= 15 is 0 Å². The summed E-state index contributed by atoms with van der Waals surface area (Å²) in [4.78, 5) is 21.7. The van der Waals surface area contributed by atoms with E-state index in [2.05, 4.69) is 59.3 Å². The molecule has 1 aliphatic rings. The van der Waals surface area contributed by atoms with Gasteiger partial charge in [-0.15, -0.1) is 5.10 Å². The Kier molecular flexibility index (Phi) is 8.94. The topological polar surface area (TPSA) is 108 Å². The Labute approximate surface area is 239 Å². The predicted octanol–water partition coefficient (Wildman–Crippen LogP) is 6.79. The zero-order chi connectivity index (χ0) is 28.4. The van der Waals surface area contributed by atoms with E-state index < -0.39 is 14.2 Å². The highest BCUT2D eigenvalue weighted by molar-refractivity contribution is 7.17. The van der Waals surface area contributed by atoms with Crippen molar-refractivity contribution < 1.29 is 18.7 Å². The standard InChI is InChI=1S/C27H36ClN5O4SSi/c1-16-23(35-5)22(17-11-12-29-21(28)13-17)19(14-30-16)24(34)31-25-32-33-26(38-25)36-15-18-9-8-10-20(18)37-39(6,7)27(2,3)4/h11-14,18,20H,8-10,15H2,1-7H3,(H,31,32,34). The van der Waals surface area contributed by atoms with Gasteiger partial charge in [0, 0.05) is 23.9 Å². The molecule has 3 aromatic heterocycles. The third-order valence-corrected chi connectivity index (χ3v) is 13.0. The second-order valence-corrected chi connectivity index (χ2v) is 17.4. The molecule has 210 valence electrons. The zero-order valence-corrected chi connectivity index (χ0v) is 26.1. The lowest BCUT2D eigenvalue weighted by atomic mass is 9.99. The summed E-state index contributed by atoms with van der Waals surface area (Å²) in [5.41, 5.74) is 2.22. The molecule has 39 heavy (non-hydrogen) atoms. The second-order valence-electron chi connectivity index (χ2n) is 11.3. The van der Waals surface area contributed by atoms with Gasteiger partial charge in [0.25, 0.3) is 11.1 Å². The van der Waals surface area contributed by atoms with Gasteiger partial charge in [-0.3, -0.25) is 15.1 Å². The molecule has 0 saturated heterocycles. The lowest BCUT2D eigenvalue weighted by Crippen LogP contribution is -2.45. The van der Waals surface area contributed by atoms with Crippen LogP contribution in [0.3, 0.4) is 0 Å². The first kappa shape index (κ1) is 29.4. The number of nitrogens with zero attached hydrogens (tertiary/aromatic N) is 4. The molecule has 4 rings (SSSR count). The summed E-state index contributed by atoms with van der Waals surface area (Å²) >= 11 is 7.31. The SMILES string of the molecule is COc1c(C)ncc(C(=O)Nc2nnc(OCC3CCCC3O[Si](C)(C)C(C)(C)C)s2)c1-c1ccnc(Cl)c1. The summed E-state index contributed by atoms with van der Waals surface area (Å²) in [6.45, 7) is 13.7. The molecule has 2 atom stereocenters. The molecule has 0 aromatic carbocycles. The number of amides is 1. The molecule has 1 N–H and O–H groups in total. The third kappa shape index (κ3) is 6.76. The van der Waals surface area contributed by atoms with Gasteiger partial charge in [0.2, 0.25) is 5.13 Å². The number of rotatable bonds is 9. The number of hydrogen-bond donors (Lipinski definition) is 1.